The van der Waals surface area contributed by atoms with E-state index in [1.165, 1.54) is 0 Å². The van der Waals surface area contributed by atoms with Gasteiger partial charge in [0.2, 0.25) is 5.91 Å². The standard InChI is InChI=1S/C22H27NO4/c1-3-5-8-13-26-21(25)18-17-11-12-22(27-17)14-23(20(24)19(18)22)16-10-7-6-9-15(16)4-2/h6-7,9-12,17-19H,3-5,8,13-14H2,1-2H3/t17-,18+,19-,22+/m0/s1. The summed E-state index contributed by atoms with van der Waals surface area (Å²) in [5.74, 6) is -1.36. The summed E-state index contributed by atoms with van der Waals surface area (Å²) in [6.45, 7) is 5.06. The number of rotatable bonds is 7. The Balaban J connectivity index is 1.57. The molecule has 4 atom stereocenters. The van der Waals surface area contributed by atoms with Gasteiger partial charge in [0, 0.05) is 5.69 Å². The van der Waals surface area contributed by atoms with Crippen LogP contribution in [0.4, 0.5) is 5.69 Å². The molecule has 1 spiro atoms. The normalized spacial score (nSPS) is 30.8. The van der Waals surface area contributed by atoms with Crippen molar-refractivity contribution in [3.8, 4) is 0 Å². The summed E-state index contributed by atoms with van der Waals surface area (Å²) in [5, 5.41) is 0. The lowest BCUT2D eigenvalue weighted by Crippen LogP contribution is -2.40. The molecule has 4 rings (SSSR count). The molecule has 0 saturated carbocycles. The van der Waals surface area contributed by atoms with Gasteiger partial charge in [0.15, 0.2) is 0 Å². The number of hydrogen-bond acceptors (Lipinski definition) is 4. The maximum Gasteiger partial charge on any atom is 0.312 e. The van der Waals surface area contributed by atoms with Crippen LogP contribution in [0.25, 0.3) is 0 Å². The number of nitrogens with zero attached hydrogens (tertiary/aromatic N) is 1. The van der Waals surface area contributed by atoms with Crippen LogP contribution < -0.4 is 4.90 Å². The van der Waals surface area contributed by atoms with Gasteiger partial charge in [0.1, 0.15) is 11.5 Å². The van der Waals surface area contributed by atoms with E-state index >= 15 is 0 Å². The number of benzene rings is 1. The van der Waals surface area contributed by atoms with Gasteiger partial charge in [0.25, 0.3) is 0 Å². The molecule has 27 heavy (non-hydrogen) atoms. The van der Waals surface area contributed by atoms with E-state index in [2.05, 4.69) is 13.8 Å². The van der Waals surface area contributed by atoms with Crippen molar-refractivity contribution in [1.82, 2.24) is 0 Å². The highest BCUT2D eigenvalue weighted by Gasteiger charge is 2.67. The zero-order chi connectivity index (χ0) is 19.0. The van der Waals surface area contributed by atoms with Crippen molar-refractivity contribution >= 4 is 17.6 Å². The SMILES string of the molecule is CCCCCOC(=O)[C@@H]1[C@@H]2C=C[C@]3(CN(c4ccccc4CC)C(=O)[C@H]13)O2. The Hall–Kier alpha value is -2.14. The molecule has 144 valence electrons. The van der Waals surface area contributed by atoms with Crippen LogP contribution in [0.1, 0.15) is 38.7 Å². The lowest BCUT2D eigenvalue weighted by Gasteiger charge is -2.23. The van der Waals surface area contributed by atoms with Crippen molar-refractivity contribution in [2.24, 2.45) is 11.8 Å². The largest absolute Gasteiger partial charge is 0.465 e. The van der Waals surface area contributed by atoms with Crippen molar-refractivity contribution in [3.63, 3.8) is 0 Å². The van der Waals surface area contributed by atoms with Gasteiger partial charge in [-0.2, -0.15) is 0 Å². The van der Waals surface area contributed by atoms with Crippen LogP contribution in [0.3, 0.4) is 0 Å². The molecule has 1 aromatic rings. The Labute approximate surface area is 160 Å². The third kappa shape index (κ3) is 2.89. The number of fused-ring (bicyclic) bond motifs is 1. The molecular formula is C22H27NO4. The lowest BCUT2D eigenvalue weighted by atomic mass is 9.77. The second-order valence-electron chi connectivity index (χ2n) is 7.68. The van der Waals surface area contributed by atoms with E-state index in [0.29, 0.717) is 13.2 Å². The highest BCUT2D eigenvalue weighted by Crippen LogP contribution is 2.53. The number of ether oxygens (including phenoxy) is 2. The smallest absolute Gasteiger partial charge is 0.312 e. The van der Waals surface area contributed by atoms with Crippen LogP contribution in [-0.2, 0) is 25.5 Å². The Morgan fingerprint density at radius 1 is 1.30 bits per heavy atom. The average Bonchev–Trinajstić information content (AvgIpc) is 3.33. The summed E-state index contributed by atoms with van der Waals surface area (Å²) in [6.07, 6.45) is 7.38. The van der Waals surface area contributed by atoms with Gasteiger partial charge in [-0.3, -0.25) is 9.59 Å². The van der Waals surface area contributed by atoms with Crippen LogP contribution in [0.2, 0.25) is 0 Å². The molecule has 1 amide bonds. The Morgan fingerprint density at radius 3 is 2.89 bits per heavy atom. The van der Waals surface area contributed by atoms with Crippen LogP contribution in [0.15, 0.2) is 36.4 Å². The van der Waals surface area contributed by atoms with Crippen LogP contribution in [-0.4, -0.2) is 36.7 Å². The molecule has 0 aromatic heterocycles. The summed E-state index contributed by atoms with van der Waals surface area (Å²) in [4.78, 5) is 27.9. The number of amides is 1. The predicted octanol–water partition coefficient (Wildman–Crippen LogP) is 3.27. The highest BCUT2D eigenvalue weighted by molar-refractivity contribution is 6.03. The van der Waals surface area contributed by atoms with Gasteiger partial charge in [-0.15, -0.1) is 0 Å². The molecule has 2 bridgehead atoms. The van der Waals surface area contributed by atoms with E-state index in [1.807, 2.05) is 36.4 Å². The number of unbranched alkanes of at least 4 members (excludes halogenated alkanes) is 2. The van der Waals surface area contributed by atoms with Gasteiger partial charge in [0.05, 0.1) is 25.2 Å². The molecule has 3 heterocycles. The minimum absolute atomic E-state index is 0.0294. The number of hydrogen-bond donors (Lipinski definition) is 0. The van der Waals surface area contributed by atoms with Crippen molar-refractivity contribution in [2.75, 3.05) is 18.1 Å². The van der Waals surface area contributed by atoms with Gasteiger partial charge in [-0.1, -0.05) is 57.0 Å². The molecule has 1 aromatic carbocycles. The fourth-order valence-electron chi connectivity index (χ4n) is 4.67. The van der Waals surface area contributed by atoms with Gasteiger partial charge < -0.3 is 14.4 Å². The lowest BCUT2D eigenvalue weighted by molar-refractivity contribution is -0.152. The summed E-state index contributed by atoms with van der Waals surface area (Å²) < 4.78 is 11.7. The maximum absolute atomic E-state index is 13.3. The van der Waals surface area contributed by atoms with Crippen molar-refractivity contribution in [1.29, 1.82) is 0 Å². The first-order valence-electron chi connectivity index (χ1n) is 10.0. The topological polar surface area (TPSA) is 55.8 Å². The zero-order valence-corrected chi connectivity index (χ0v) is 16.0. The predicted molar refractivity (Wildman–Crippen MR) is 102 cm³/mol. The molecule has 3 aliphatic rings. The zero-order valence-electron chi connectivity index (χ0n) is 16.0. The highest BCUT2D eigenvalue weighted by atomic mass is 16.6. The number of para-hydroxylation sites is 1. The third-order valence-electron chi connectivity index (χ3n) is 6.03. The summed E-state index contributed by atoms with van der Waals surface area (Å²) >= 11 is 0. The van der Waals surface area contributed by atoms with Crippen LogP contribution in [0, 0.1) is 11.8 Å². The minimum Gasteiger partial charge on any atom is -0.465 e. The van der Waals surface area contributed by atoms with E-state index in [1.54, 1.807) is 4.90 Å². The molecule has 5 heteroatoms. The first-order chi connectivity index (χ1) is 13.1. The second kappa shape index (κ2) is 7.12. The van der Waals surface area contributed by atoms with E-state index < -0.39 is 17.4 Å². The number of anilines is 1. The van der Waals surface area contributed by atoms with Crippen molar-refractivity contribution in [3.05, 3.63) is 42.0 Å². The van der Waals surface area contributed by atoms with Gasteiger partial charge in [-0.05, 0) is 24.5 Å². The quantitative estimate of drug-likeness (QED) is 0.420. The molecule has 0 radical (unpaired) electrons. The molecule has 2 fully saturated rings. The van der Waals surface area contributed by atoms with E-state index in [-0.39, 0.29) is 18.0 Å². The summed E-state index contributed by atoms with van der Waals surface area (Å²) in [7, 11) is 0. The van der Waals surface area contributed by atoms with Crippen LogP contribution in [0.5, 0.6) is 0 Å². The number of carbonyl (C=O) groups excluding carboxylic acids is 2. The minimum atomic E-state index is -0.699. The summed E-state index contributed by atoms with van der Waals surface area (Å²) in [5.41, 5.74) is 1.35. The fourth-order valence-corrected chi connectivity index (χ4v) is 4.67. The Morgan fingerprint density at radius 2 is 2.11 bits per heavy atom. The molecule has 0 N–H and O–H groups in total. The third-order valence-corrected chi connectivity index (χ3v) is 6.03. The molecular weight excluding hydrogens is 342 g/mol. The Bertz CT molecular complexity index is 773. The Kier molecular flexibility index (Phi) is 4.81. The number of carbonyl (C=O) groups is 2. The van der Waals surface area contributed by atoms with Crippen molar-refractivity contribution in [2.45, 2.75) is 51.2 Å². The van der Waals surface area contributed by atoms with E-state index in [4.69, 9.17) is 9.47 Å². The van der Waals surface area contributed by atoms with E-state index in [0.717, 1.165) is 36.9 Å². The second-order valence-corrected chi connectivity index (χ2v) is 7.68. The average molecular weight is 369 g/mol. The molecule has 5 nitrogen and oxygen atoms in total. The van der Waals surface area contributed by atoms with Gasteiger partial charge in [-0.25, -0.2) is 0 Å². The fraction of sp³-hybridized carbons (Fsp3) is 0.545. The molecule has 2 saturated heterocycles. The first-order valence-corrected chi connectivity index (χ1v) is 10.0. The van der Waals surface area contributed by atoms with E-state index in [9.17, 15) is 9.59 Å². The number of aryl methyl sites for hydroxylation is 1. The summed E-state index contributed by atoms with van der Waals surface area (Å²) in [6, 6.07) is 7.95. The first kappa shape index (κ1) is 18.2. The molecule has 0 aliphatic carbocycles. The van der Waals surface area contributed by atoms with Crippen LogP contribution >= 0.6 is 0 Å². The molecule has 0 unspecified atom stereocenters. The number of esters is 1. The monoisotopic (exact) mass is 369 g/mol. The maximum atomic E-state index is 13.3. The van der Waals surface area contributed by atoms with Gasteiger partial charge >= 0.3 is 5.97 Å². The molecule has 3 aliphatic heterocycles. The van der Waals surface area contributed by atoms with Crippen molar-refractivity contribution < 1.29 is 19.1 Å².